The van der Waals surface area contributed by atoms with Crippen LogP contribution in [0.25, 0.3) is 0 Å². The van der Waals surface area contributed by atoms with Crippen molar-refractivity contribution in [2.24, 2.45) is 0 Å². The molecule has 0 spiro atoms. The molecule has 1 aromatic carbocycles. The van der Waals surface area contributed by atoms with Crippen LogP contribution in [0.1, 0.15) is 22.5 Å². The number of amides is 2. The van der Waals surface area contributed by atoms with Crippen molar-refractivity contribution in [2.75, 3.05) is 43.1 Å². The zero-order chi connectivity index (χ0) is 18.6. The molecule has 0 radical (unpaired) electrons. The van der Waals surface area contributed by atoms with E-state index in [1.54, 1.807) is 4.90 Å². The molecule has 2 amide bonds. The number of nitrogens with one attached hydrogen (secondary N) is 1. The molecule has 1 aromatic heterocycles. The molecular weight excluding hydrogens is 362 g/mol. The van der Waals surface area contributed by atoms with E-state index in [4.69, 9.17) is 4.74 Å². The quantitative estimate of drug-likeness (QED) is 0.879. The molecule has 142 valence electrons. The monoisotopic (exact) mass is 385 g/mol. The number of carbonyl (C=O) groups is 2. The fourth-order valence-corrected chi connectivity index (χ4v) is 4.31. The Kier molecular flexibility index (Phi) is 5.40. The molecule has 6 nitrogen and oxygen atoms in total. The summed E-state index contributed by atoms with van der Waals surface area (Å²) in [4.78, 5) is 30.0. The number of ether oxygens (including phenoxy) is 1. The van der Waals surface area contributed by atoms with Crippen molar-refractivity contribution in [3.05, 3.63) is 46.7 Å². The highest BCUT2D eigenvalue weighted by molar-refractivity contribution is 7.12. The van der Waals surface area contributed by atoms with E-state index in [0.717, 1.165) is 44.1 Å². The van der Waals surface area contributed by atoms with Crippen LogP contribution < -0.4 is 10.2 Å². The molecule has 2 fully saturated rings. The highest BCUT2D eigenvalue weighted by Gasteiger charge is 2.34. The summed E-state index contributed by atoms with van der Waals surface area (Å²) < 4.78 is 5.38. The van der Waals surface area contributed by atoms with E-state index in [9.17, 15) is 9.59 Å². The first-order chi connectivity index (χ1) is 13.2. The molecule has 0 aliphatic carbocycles. The average molecular weight is 385 g/mol. The Morgan fingerprint density at radius 1 is 1.07 bits per heavy atom. The van der Waals surface area contributed by atoms with Crippen LogP contribution in [0, 0.1) is 0 Å². The topological polar surface area (TPSA) is 61.9 Å². The normalized spacial score (nSPS) is 19.9. The van der Waals surface area contributed by atoms with Crippen LogP contribution in [0.4, 0.5) is 11.4 Å². The van der Waals surface area contributed by atoms with Gasteiger partial charge in [-0.25, -0.2) is 0 Å². The van der Waals surface area contributed by atoms with Gasteiger partial charge >= 0.3 is 0 Å². The number of anilines is 2. The molecule has 2 aromatic rings. The third kappa shape index (κ3) is 3.99. The van der Waals surface area contributed by atoms with Gasteiger partial charge in [-0.05, 0) is 48.6 Å². The smallest absolute Gasteiger partial charge is 0.264 e. The molecule has 2 aliphatic heterocycles. The number of morpholine rings is 1. The number of nitrogens with zero attached hydrogens (tertiary/aromatic N) is 2. The molecule has 1 atom stereocenters. The molecule has 27 heavy (non-hydrogen) atoms. The maximum absolute atomic E-state index is 12.8. The molecule has 1 N–H and O–H groups in total. The number of hydrogen-bond donors (Lipinski definition) is 1. The first-order valence-electron chi connectivity index (χ1n) is 9.30. The number of thiophene rings is 1. The number of likely N-dealkylation sites (tertiary alicyclic amines) is 1. The van der Waals surface area contributed by atoms with Gasteiger partial charge < -0.3 is 19.9 Å². The van der Waals surface area contributed by atoms with Gasteiger partial charge in [0, 0.05) is 31.0 Å². The molecule has 3 heterocycles. The van der Waals surface area contributed by atoms with Crippen molar-refractivity contribution < 1.29 is 14.3 Å². The van der Waals surface area contributed by atoms with Crippen molar-refractivity contribution in [1.82, 2.24) is 4.90 Å². The SMILES string of the molecule is O=C(Nc1ccc(N2CCOCC2)cc1)C1CCCN1C(=O)c1cccs1. The van der Waals surface area contributed by atoms with Gasteiger partial charge in [0.1, 0.15) is 6.04 Å². The highest BCUT2D eigenvalue weighted by atomic mass is 32.1. The summed E-state index contributed by atoms with van der Waals surface area (Å²) in [5.74, 6) is -0.165. The van der Waals surface area contributed by atoms with Gasteiger partial charge in [-0.1, -0.05) is 6.07 Å². The lowest BCUT2D eigenvalue weighted by Gasteiger charge is -2.29. The van der Waals surface area contributed by atoms with Gasteiger partial charge in [-0.15, -0.1) is 11.3 Å². The van der Waals surface area contributed by atoms with Crippen molar-refractivity contribution in [2.45, 2.75) is 18.9 Å². The molecule has 0 bridgehead atoms. The van der Waals surface area contributed by atoms with Gasteiger partial charge in [0.2, 0.25) is 5.91 Å². The Hall–Kier alpha value is -2.38. The van der Waals surface area contributed by atoms with E-state index < -0.39 is 6.04 Å². The fraction of sp³-hybridized carbons (Fsp3) is 0.400. The molecule has 7 heteroatoms. The third-order valence-corrected chi connectivity index (χ3v) is 5.92. The number of rotatable bonds is 4. The van der Waals surface area contributed by atoms with E-state index >= 15 is 0 Å². The van der Waals surface area contributed by atoms with Crippen LogP contribution in [-0.4, -0.2) is 55.6 Å². The van der Waals surface area contributed by atoms with Crippen LogP contribution in [0.2, 0.25) is 0 Å². The van der Waals surface area contributed by atoms with Crippen LogP contribution in [0.15, 0.2) is 41.8 Å². The molecular formula is C20H23N3O3S. The minimum atomic E-state index is -0.404. The minimum absolute atomic E-state index is 0.0506. The summed E-state index contributed by atoms with van der Waals surface area (Å²) in [6.07, 6.45) is 1.56. The van der Waals surface area contributed by atoms with Gasteiger partial charge in [-0.3, -0.25) is 9.59 Å². The zero-order valence-electron chi connectivity index (χ0n) is 15.1. The van der Waals surface area contributed by atoms with Crippen molar-refractivity contribution in [1.29, 1.82) is 0 Å². The first-order valence-corrected chi connectivity index (χ1v) is 10.2. The van der Waals surface area contributed by atoms with Gasteiger partial charge in [0.25, 0.3) is 5.91 Å². The van der Waals surface area contributed by atoms with Crippen LogP contribution in [0.3, 0.4) is 0 Å². The summed E-state index contributed by atoms with van der Waals surface area (Å²) >= 11 is 1.41. The Morgan fingerprint density at radius 3 is 2.56 bits per heavy atom. The van der Waals surface area contributed by atoms with Crippen LogP contribution in [0.5, 0.6) is 0 Å². The number of hydrogen-bond acceptors (Lipinski definition) is 5. The van der Waals surface area contributed by atoms with E-state index in [-0.39, 0.29) is 11.8 Å². The second-order valence-corrected chi connectivity index (χ2v) is 7.72. The van der Waals surface area contributed by atoms with Crippen LogP contribution in [-0.2, 0) is 9.53 Å². The second-order valence-electron chi connectivity index (χ2n) is 6.77. The summed E-state index contributed by atoms with van der Waals surface area (Å²) in [6, 6.07) is 11.1. The van der Waals surface area contributed by atoms with E-state index in [2.05, 4.69) is 10.2 Å². The lowest BCUT2D eigenvalue weighted by Crippen LogP contribution is -2.43. The largest absolute Gasteiger partial charge is 0.378 e. The van der Waals surface area contributed by atoms with Crippen molar-refractivity contribution in [3.63, 3.8) is 0 Å². The third-order valence-electron chi connectivity index (χ3n) is 5.06. The predicted molar refractivity (Wildman–Crippen MR) is 106 cm³/mol. The van der Waals surface area contributed by atoms with Gasteiger partial charge in [0.15, 0.2) is 0 Å². The predicted octanol–water partition coefficient (Wildman–Crippen LogP) is 2.83. The Balaban J connectivity index is 1.40. The molecule has 2 aliphatic rings. The summed E-state index contributed by atoms with van der Waals surface area (Å²) in [5.41, 5.74) is 1.89. The molecule has 1 unspecified atom stereocenters. The maximum atomic E-state index is 12.8. The fourth-order valence-electron chi connectivity index (χ4n) is 3.63. The van der Waals surface area contributed by atoms with Gasteiger partial charge in [-0.2, -0.15) is 0 Å². The van der Waals surface area contributed by atoms with Gasteiger partial charge in [0.05, 0.1) is 18.1 Å². The van der Waals surface area contributed by atoms with Crippen molar-refractivity contribution >= 4 is 34.5 Å². The lowest BCUT2D eigenvalue weighted by molar-refractivity contribution is -0.119. The second kappa shape index (κ2) is 8.10. The molecule has 4 rings (SSSR count). The summed E-state index contributed by atoms with van der Waals surface area (Å²) in [6.45, 7) is 3.88. The van der Waals surface area contributed by atoms with E-state index in [0.29, 0.717) is 17.8 Å². The highest BCUT2D eigenvalue weighted by Crippen LogP contribution is 2.24. The standard InChI is InChI=1S/C20H23N3O3S/c24-19(17-3-1-9-23(17)20(25)18-4-2-14-27-18)21-15-5-7-16(8-6-15)22-10-12-26-13-11-22/h2,4-8,14,17H,1,3,9-13H2,(H,21,24). The Bertz CT molecular complexity index is 785. The molecule has 0 saturated carbocycles. The molecule has 2 saturated heterocycles. The Labute approximate surface area is 162 Å². The van der Waals surface area contributed by atoms with E-state index in [1.807, 2.05) is 41.8 Å². The number of benzene rings is 1. The summed E-state index contributed by atoms with van der Waals surface area (Å²) in [7, 11) is 0. The lowest BCUT2D eigenvalue weighted by atomic mass is 10.2. The summed E-state index contributed by atoms with van der Waals surface area (Å²) in [5, 5.41) is 4.85. The Morgan fingerprint density at radius 2 is 1.85 bits per heavy atom. The number of carbonyl (C=O) groups excluding carboxylic acids is 2. The zero-order valence-corrected chi connectivity index (χ0v) is 15.9. The average Bonchev–Trinajstić information content (AvgIpc) is 3.41. The van der Waals surface area contributed by atoms with Crippen LogP contribution >= 0.6 is 11.3 Å². The first kappa shape index (κ1) is 18.0. The van der Waals surface area contributed by atoms with Crippen molar-refractivity contribution in [3.8, 4) is 0 Å². The maximum Gasteiger partial charge on any atom is 0.264 e. The van der Waals surface area contributed by atoms with E-state index in [1.165, 1.54) is 11.3 Å². The minimum Gasteiger partial charge on any atom is -0.378 e.